The molecule has 0 amide bonds. The molecule has 0 saturated heterocycles. The molecule has 0 aliphatic rings. The van der Waals surface area contributed by atoms with Gasteiger partial charge >= 0.3 is 0 Å². The number of benzene rings is 3. The van der Waals surface area contributed by atoms with E-state index in [4.69, 9.17) is 4.74 Å². The molecular formula is C20H15BrN2O4. The zero-order valence-corrected chi connectivity index (χ0v) is 15.9. The van der Waals surface area contributed by atoms with Gasteiger partial charge in [-0.05, 0) is 59.3 Å². The Bertz CT molecular complexity index is 1000. The number of hydrogen-bond donors (Lipinski definition) is 1. The molecular weight excluding hydrogens is 412 g/mol. The molecule has 0 aromatic heterocycles. The molecule has 0 atom stereocenters. The number of halogens is 1. The third kappa shape index (κ3) is 4.71. The number of rotatable bonds is 5. The van der Waals surface area contributed by atoms with E-state index in [-0.39, 0.29) is 21.5 Å². The normalized spacial score (nSPS) is 10.9. The lowest BCUT2D eigenvalue weighted by atomic mass is 10.2. The third-order valence-electron chi connectivity index (χ3n) is 3.73. The fourth-order valence-corrected chi connectivity index (χ4v) is 2.76. The average molecular weight is 427 g/mol. The molecule has 0 fully saturated rings. The Morgan fingerprint density at radius 1 is 1.07 bits per heavy atom. The van der Waals surface area contributed by atoms with Crippen LogP contribution >= 0.6 is 15.9 Å². The summed E-state index contributed by atoms with van der Waals surface area (Å²) in [7, 11) is 0. The Balaban J connectivity index is 1.76. The smallest absolute Gasteiger partial charge is 0.271 e. The topological polar surface area (TPSA) is 85.0 Å². The Labute approximate surface area is 164 Å². The fourth-order valence-electron chi connectivity index (χ4n) is 2.30. The van der Waals surface area contributed by atoms with Crippen LogP contribution in [0.2, 0.25) is 0 Å². The molecule has 1 N–H and O–H groups in total. The van der Waals surface area contributed by atoms with E-state index in [1.165, 1.54) is 18.3 Å². The van der Waals surface area contributed by atoms with Crippen molar-refractivity contribution in [2.45, 2.75) is 6.92 Å². The molecule has 0 heterocycles. The van der Waals surface area contributed by atoms with Crippen LogP contribution in [-0.4, -0.2) is 16.2 Å². The van der Waals surface area contributed by atoms with E-state index in [9.17, 15) is 15.2 Å². The minimum Gasteiger partial charge on any atom is -0.506 e. The van der Waals surface area contributed by atoms with Crippen molar-refractivity contribution in [3.63, 3.8) is 0 Å². The zero-order chi connectivity index (χ0) is 19.4. The molecule has 3 rings (SSSR count). The molecule has 7 heteroatoms. The Morgan fingerprint density at radius 3 is 2.26 bits per heavy atom. The summed E-state index contributed by atoms with van der Waals surface area (Å²) in [5.74, 6) is 1.30. The molecule has 0 spiro atoms. The van der Waals surface area contributed by atoms with Crippen molar-refractivity contribution in [2.75, 3.05) is 0 Å². The second-order valence-electron chi connectivity index (χ2n) is 5.79. The molecule has 0 saturated carbocycles. The van der Waals surface area contributed by atoms with Gasteiger partial charge in [0.2, 0.25) is 0 Å². The number of phenols is 1. The minimum absolute atomic E-state index is 0.108. The summed E-state index contributed by atoms with van der Waals surface area (Å²) in [4.78, 5) is 14.7. The van der Waals surface area contributed by atoms with Gasteiger partial charge in [0.05, 0.1) is 15.1 Å². The van der Waals surface area contributed by atoms with E-state index in [1.54, 1.807) is 24.3 Å². The van der Waals surface area contributed by atoms with Crippen molar-refractivity contribution in [3.05, 3.63) is 86.4 Å². The summed E-state index contributed by atoms with van der Waals surface area (Å²) in [5.41, 5.74) is 1.88. The first-order valence-corrected chi connectivity index (χ1v) is 8.77. The maximum absolute atomic E-state index is 10.9. The summed E-state index contributed by atoms with van der Waals surface area (Å²) >= 11 is 3.10. The number of nitro groups is 1. The van der Waals surface area contributed by atoms with Crippen LogP contribution in [0.3, 0.4) is 0 Å². The van der Waals surface area contributed by atoms with E-state index < -0.39 is 4.92 Å². The Morgan fingerprint density at radius 2 is 1.67 bits per heavy atom. The van der Waals surface area contributed by atoms with E-state index in [1.807, 2.05) is 31.2 Å². The summed E-state index contributed by atoms with van der Waals surface area (Å²) in [6, 6.07) is 17.3. The maximum atomic E-state index is 10.9. The number of aliphatic imine (C=N–C) groups is 1. The van der Waals surface area contributed by atoms with Gasteiger partial charge in [-0.3, -0.25) is 15.1 Å². The predicted octanol–water partition coefficient (Wildman–Crippen LogP) is 5.91. The fraction of sp³-hybridized carbons (Fsp3) is 0.0500. The standard InChI is InChI=1S/C20H15BrN2O4/c1-13-2-6-17(7-3-13)27-18-8-4-15(5-9-18)22-12-14-10-16(23(25)26)11-19(21)20(14)24/h2-12,24H,1H3. The van der Waals surface area contributed by atoms with Crippen molar-refractivity contribution in [1.29, 1.82) is 0 Å². The summed E-state index contributed by atoms with van der Waals surface area (Å²) in [6.07, 6.45) is 1.38. The second-order valence-corrected chi connectivity index (χ2v) is 6.64. The Kier molecular flexibility index (Phi) is 5.52. The number of phenolic OH excluding ortho intramolecular Hbond substituents is 1. The van der Waals surface area contributed by atoms with Gasteiger partial charge in [0.1, 0.15) is 17.2 Å². The van der Waals surface area contributed by atoms with Crippen molar-refractivity contribution in [2.24, 2.45) is 4.99 Å². The monoisotopic (exact) mass is 426 g/mol. The van der Waals surface area contributed by atoms with Crippen molar-refractivity contribution >= 4 is 33.5 Å². The largest absolute Gasteiger partial charge is 0.506 e. The highest BCUT2D eigenvalue weighted by Gasteiger charge is 2.13. The lowest BCUT2D eigenvalue weighted by Crippen LogP contribution is -1.91. The summed E-state index contributed by atoms with van der Waals surface area (Å²) in [6.45, 7) is 2.01. The summed E-state index contributed by atoms with van der Waals surface area (Å²) < 4.78 is 5.99. The molecule has 0 aliphatic carbocycles. The number of non-ortho nitro benzene ring substituents is 1. The van der Waals surface area contributed by atoms with Crippen LogP contribution in [0.4, 0.5) is 11.4 Å². The van der Waals surface area contributed by atoms with Gasteiger partial charge in [-0.1, -0.05) is 17.7 Å². The highest BCUT2D eigenvalue weighted by molar-refractivity contribution is 9.10. The van der Waals surface area contributed by atoms with E-state index in [0.717, 1.165) is 11.3 Å². The number of aryl methyl sites for hydroxylation is 1. The first-order chi connectivity index (χ1) is 12.9. The van der Waals surface area contributed by atoms with Gasteiger partial charge in [-0.15, -0.1) is 0 Å². The number of hydrogen-bond acceptors (Lipinski definition) is 5. The molecule has 0 aliphatic heterocycles. The second kappa shape index (κ2) is 8.01. The highest BCUT2D eigenvalue weighted by Crippen LogP contribution is 2.32. The van der Waals surface area contributed by atoms with Gasteiger partial charge in [-0.25, -0.2) is 0 Å². The number of ether oxygens (including phenoxy) is 1. The predicted molar refractivity (Wildman–Crippen MR) is 107 cm³/mol. The van der Waals surface area contributed by atoms with Crippen molar-refractivity contribution in [3.8, 4) is 17.2 Å². The van der Waals surface area contributed by atoms with Gasteiger partial charge < -0.3 is 9.84 Å². The van der Waals surface area contributed by atoms with Crippen LogP contribution in [0.1, 0.15) is 11.1 Å². The van der Waals surface area contributed by atoms with Crippen LogP contribution < -0.4 is 4.74 Å². The van der Waals surface area contributed by atoms with Crippen LogP contribution in [0, 0.1) is 17.0 Å². The van der Waals surface area contributed by atoms with Crippen molar-refractivity contribution in [1.82, 2.24) is 0 Å². The van der Waals surface area contributed by atoms with E-state index in [0.29, 0.717) is 11.4 Å². The maximum Gasteiger partial charge on any atom is 0.271 e. The molecule has 136 valence electrons. The molecule has 3 aromatic carbocycles. The quantitative estimate of drug-likeness (QED) is 0.312. The molecule has 0 unspecified atom stereocenters. The first-order valence-electron chi connectivity index (χ1n) is 7.98. The average Bonchev–Trinajstić information content (AvgIpc) is 2.65. The van der Waals surface area contributed by atoms with Gasteiger partial charge in [-0.2, -0.15) is 0 Å². The highest BCUT2D eigenvalue weighted by atomic mass is 79.9. The number of nitro benzene ring substituents is 1. The lowest BCUT2D eigenvalue weighted by molar-refractivity contribution is -0.385. The SMILES string of the molecule is Cc1ccc(Oc2ccc(N=Cc3cc([N+](=O)[O-])cc(Br)c3O)cc2)cc1. The van der Waals surface area contributed by atoms with Gasteiger partial charge in [0, 0.05) is 23.9 Å². The number of nitrogens with zero attached hydrogens (tertiary/aromatic N) is 2. The molecule has 0 radical (unpaired) electrons. The molecule has 3 aromatic rings. The van der Waals surface area contributed by atoms with Crippen LogP contribution in [-0.2, 0) is 0 Å². The number of aromatic hydroxyl groups is 1. The van der Waals surface area contributed by atoms with E-state index in [2.05, 4.69) is 20.9 Å². The van der Waals surface area contributed by atoms with Crippen LogP contribution in [0.5, 0.6) is 17.2 Å². The van der Waals surface area contributed by atoms with Crippen LogP contribution in [0.15, 0.2) is 70.1 Å². The van der Waals surface area contributed by atoms with E-state index >= 15 is 0 Å². The molecule has 27 heavy (non-hydrogen) atoms. The first kappa shape index (κ1) is 18.6. The summed E-state index contributed by atoms with van der Waals surface area (Å²) in [5, 5.41) is 21.0. The third-order valence-corrected chi connectivity index (χ3v) is 4.34. The van der Waals surface area contributed by atoms with Crippen molar-refractivity contribution < 1.29 is 14.8 Å². The van der Waals surface area contributed by atoms with Gasteiger partial charge in [0.25, 0.3) is 5.69 Å². The Hall–Kier alpha value is -3.19. The van der Waals surface area contributed by atoms with Gasteiger partial charge in [0.15, 0.2) is 0 Å². The lowest BCUT2D eigenvalue weighted by Gasteiger charge is -2.06. The molecule has 0 bridgehead atoms. The minimum atomic E-state index is -0.529. The van der Waals surface area contributed by atoms with Crippen LogP contribution in [0.25, 0.3) is 0 Å². The zero-order valence-electron chi connectivity index (χ0n) is 14.3. The molecule has 6 nitrogen and oxygen atoms in total.